The molecule has 1 rings (SSSR count). The lowest BCUT2D eigenvalue weighted by Gasteiger charge is -2.13. The molecule has 0 radical (unpaired) electrons. The summed E-state index contributed by atoms with van der Waals surface area (Å²) in [6.45, 7) is 2.52. The smallest absolute Gasteiger partial charge is 0.325 e. The van der Waals surface area contributed by atoms with Crippen LogP contribution in [0.4, 0.5) is 0 Å². The van der Waals surface area contributed by atoms with E-state index in [0.717, 1.165) is 24.9 Å². The number of carbonyl (C=O) groups excluding carboxylic acids is 3. The number of ether oxygens (including phenoxy) is 1. The van der Waals surface area contributed by atoms with Crippen LogP contribution in [0.1, 0.15) is 42.1 Å². The van der Waals surface area contributed by atoms with E-state index < -0.39 is 5.97 Å². The summed E-state index contributed by atoms with van der Waals surface area (Å²) in [5.41, 5.74) is 1.37. The topological polar surface area (TPSA) is 75.7 Å². The Kier molecular flexibility index (Phi) is 9.00. The Labute approximate surface area is 148 Å². The minimum atomic E-state index is -0.493. The highest BCUT2D eigenvalue weighted by Gasteiger charge is 2.08. The quantitative estimate of drug-likeness (QED) is 0.550. The van der Waals surface area contributed by atoms with Crippen molar-refractivity contribution in [1.29, 1.82) is 0 Å². The molecule has 6 nitrogen and oxygen atoms in total. The fourth-order valence-corrected chi connectivity index (χ4v) is 2.07. The summed E-state index contributed by atoms with van der Waals surface area (Å²) in [6, 6.07) is 7.11. The van der Waals surface area contributed by atoms with Gasteiger partial charge in [0.25, 0.3) is 5.91 Å². The van der Waals surface area contributed by atoms with Gasteiger partial charge in [0.15, 0.2) is 0 Å². The molecule has 136 valence electrons. The molecule has 0 spiro atoms. The largest absolute Gasteiger partial charge is 0.468 e. The second kappa shape index (κ2) is 11.0. The van der Waals surface area contributed by atoms with Gasteiger partial charge in [0.1, 0.15) is 6.54 Å². The zero-order chi connectivity index (χ0) is 18.7. The van der Waals surface area contributed by atoms with Crippen molar-refractivity contribution in [2.24, 2.45) is 0 Å². The van der Waals surface area contributed by atoms with Gasteiger partial charge in [-0.2, -0.15) is 0 Å². The number of amides is 2. The fraction of sp³-hybridized carbons (Fsp3) is 0.421. The molecular weight excluding hydrogens is 320 g/mol. The molecule has 1 aromatic rings. The van der Waals surface area contributed by atoms with Gasteiger partial charge < -0.3 is 15.0 Å². The maximum atomic E-state index is 12.0. The van der Waals surface area contributed by atoms with Crippen LogP contribution >= 0.6 is 0 Å². The highest BCUT2D eigenvalue weighted by atomic mass is 16.5. The van der Waals surface area contributed by atoms with Crippen molar-refractivity contribution < 1.29 is 19.1 Å². The molecular formula is C19H26N2O4. The van der Waals surface area contributed by atoms with Crippen molar-refractivity contribution in [3.63, 3.8) is 0 Å². The lowest BCUT2D eigenvalue weighted by atomic mass is 10.1. The van der Waals surface area contributed by atoms with Crippen LogP contribution in [-0.2, 0) is 14.3 Å². The molecule has 0 heterocycles. The first kappa shape index (κ1) is 20.4. The molecule has 0 fully saturated rings. The first-order chi connectivity index (χ1) is 12.0. The van der Waals surface area contributed by atoms with Gasteiger partial charge in [-0.05, 0) is 37.5 Å². The number of esters is 1. The van der Waals surface area contributed by atoms with Gasteiger partial charge >= 0.3 is 5.97 Å². The van der Waals surface area contributed by atoms with E-state index in [9.17, 15) is 14.4 Å². The van der Waals surface area contributed by atoms with Crippen LogP contribution in [0.5, 0.6) is 0 Å². The summed E-state index contributed by atoms with van der Waals surface area (Å²) < 4.78 is 4.48. The number of nitrogens with zero attached hydrogens (tertiary/aromatic N) is 1. The first-order valence-electron chi connectivity index (χ1n) is 8.33. The molecule has 0 aromatic heterocycles. The third kappa shape index (κ3) is 7.65. The van der Waals surface area contributed by atoms with Crippen molar-refractivity contribution in [2.75, 3.05) is 27.2 Å². The molecule has 0 aliphatic rings. The van der Waals surface area contributed by atoms with Crippen LogP contribution in [0.15, 0.2) is 30.3 Å². The van der Waals surface area contributed by atoms with Gasteiger partial charge in [-0.1, -0.05) is 24.3 Å². The van der Waals surface area contributed by atoms with E-state index in [1.54, 1.807) is 30.1 Å². The highest BCUT2D eigenvalue weighted by molar-refractivity contribution is 5.96. The zero-order valence-corrected chi connectivity index (χ0v) is 15.1. The summed E-state index contributed by atoms with van der Waals surface area (Å²) in [6.07, 6.45) is 6.03. The lowest BCUT2D eigenvalue weighted by Crippen LogP contribution is -2.30. The molecule has 0 aliphatic heterocycles. The van der Waals surface area contributed by atoms with E-state index in [4.69, 9.17) is 0 Å². The normalized spacial score (nSPS) is 10.5. The molecule has 0 saturated carbocycles. The molecule has 0 aliphatic carbocycles. The lowest BCUT2D eigenvalue weighted by molar-refractivity contribution is -0.139. The van der Waals surface area contributed by atoms with Crippen molar-refractivity contribution in [2.45, 2.75) is 26.2 Å². The van der Waals surface area contributed by atoms with Gasteiger partial charge in [-0.3, -0.25) is 14.4 Å². The van der Waals surface area contributed by atoms with Crippen LogP contribution in [0.25, 0.3) is 6.08 Å². The number of carbonyl (C=O) groups is 3. The third-order valence-electron chi connectivity index (χ3n) is 3.74. The third-order valence-corrected chi connectivity index (χ3v) is 3.74. The van der Waals surface area contributed by atoms with Crippen molar-refractivity contribution >= 4 is 23.9 Å². The minimum Gasteiger partial charge on any atom is -0.468 e. The predicted octanol–water partition coefficient (Wildman–Crippen LogP) is 2.25. The average molecular weight is 346 g/mol. The van der Waals surface area contributed by atoms with Crippen LogP contribution < -0.4 is 5.32 Å². The van der Waals surface area contributed by atoms with Gasteiger partial charge in [-0.15, -0.1) is 0 Å². The molecule has 1 N–H and O–H groups in total. The predicted molar refractivity (Wildman–Crippen MR) is 97.0 cm³/mol. The number of hydrogen-bond donors (Lipinski definition) is 1. The Hall–Kier alpha value is -2.63. The van der Waals surface area contributed by atoms with Gasteiger partial charge in [0, 0.05) is 25.6 Å². The Bertz CT molecular complexity index is 626. The van der Waals surface area contributed by atoms with E-state index in [1.165, 1.54) is 7.11 Å². The van der Waals surface area contributed by atoms with E-state index >= 15 is 0 Å². The number of hydrogen-bond acceptors (Lipinski definition) is 4. The maximum absolute atomic E-state index is 12.0. The highest BCUT2D eigenvalue weighted by Crippen LogP contribution is 2.09. The Morgan fingerprint density at radius 2 is 2.04 bits per heavy atom. The second-order valence-corrected chi connectivity index (χ2v) is 5.59. The number of allylic oxidation sites excluding steroid dienone is 1. The van der Waals surface area contributed by atoms with Crippen LogP contribution in [0.3, 0.4) is 0 Å². The van der Waals surface area contributed by atoms with Gasteiger partial charge in [0.2, 0.25) is 5.91 Å². The van der Waals surface area contributed by atoms with Crippen LogP contribution in [0, 0.1) is 0 Å². The molecule has 0 unspecified atom stereocenters. The Morgan fingerprint density at radius 1 is 1.28 bits per heavy atom. The van der Waals surface area contributed by atoms with Crippen molar-refractivity contribution in [3.8, 4) is 0 Å². The van der Waals surface area contributed by atoms with E-state index in [1.807, 2.05) is 25.1 Å². The molecule has 6 heteroatoms. The summed E-state index contributed by atoms with van der Waals surface area (Å²) in [7, 11) is 3.07. The monoisotopic (exact) mass is 346 g/mol. The molecule has 0 saturated heterocycles. The minimum absolute atomic E-state index is 0.153. The van der Waals surface area contributed by atoms with Crippen molar-refractivity contribution in [1.82, 2.24) is 10.2 Å². The van der Waals surface area contributed by atoms with E-state index in [0.29, 0.717) is 12.0 Å². The van der Waals surface area contributed by atoms with Gasteiger partial charge in [-0.25, -0.2) is 0 Å². The number of methoxy groups -OCH3 is 1. The summed E-state index contributed by atoms with van der Waals surface area (Å²) in [4.78, 5) is 36.4. The van der Waals surface area contributed by atoms with E-state index in [-0.39, 0.29) is 18.4 Å². The average Bonchev–Trinajstić information content (AvgIpc) is 2.64. The summed E-state index contributed by atoms with van der Waals surface area (Å²) in [5, 5.41) is 2.50. The summed E-state index contributed by atoms with van der Waals surface area (Å²) in [5.74, 6) is -0.665. The Morgan fingerprint density at radius 3 is 2.72 bits per heavy atom. The maximum Gasteiger partial charge on any atom is 0.325 e. The van der Waals surface area contributed by atoms with Crippen molar-refractivity contribution in [3.05, 3.63) is 41.5 Å². The fourth-order valence-electron chi connectivity index (χ4n) is 2.07. The number of rotatable bonds is 9. The molecule has 1 aromatic carbocycles. The van der Waals surface area contributed by atoms with Crippen LogP contribution in [0.2, 0.25) is 0 Å². The SMILES string of the molecule is CCN(C)C(=O)CCC/C=C\c1cccc(C(=O)NCC(=O)OC)c1. The first-order valence-corrected chi connectivity index (χ1v) is 8.33. The Balaban J connectivity index is 2.48. The molecule has 25 heavy (non-hydrogen) atoms. The molecule has 0 atom stereocenters. The van der Waals surface area contributed by atoms with Gasteiger partial charge in [0.05, 0.1) is 7.11 Å². The molecule has 2 amide bonds. The number of nitrogens with one attached hydrogen (secondary N) is 1. The number of benzene rings is 1. The summed E-state index contributed by atoms with van der Waals surface area (Å²) >= 11 is 0. The van der Waals surface area contributed by atoms with E-state index in [2.05, 4.69) is 10.1 Å². The second-order valence-electron chi connectivity index (χ2n) is 5.59. The zero-order valence-electron chi connectivity index (χ0n) is 15.1. The molecule has 0 bridgehead atoms. The number of unbranched alkanes of at least 4 members (excludes halogenated alkanes) is 1. The standard InChI is InChI=1S/C19H26N2O4/c1-4-21(2)17(22)12-7-5-6-9-15-10-8-11-16(13-15)19(24)20-14-18(23)25-3/h6,8-11,13H,4-5,7,12,14H2,1-3H3,(H,20,24)/b9-6-. The van der Waals surface area contributed by atoms with Crippen LogP contribution in [-0.4, -0.2) is 49.9 Å².